The second-order valence-electron chi connectivity index (χ2n) is 7.29. The van der Waals surface area contributed by atoms with Gasteiger partial charge in [0, 0.05) is 17.5 Å². The number of aromatic hydroxyl groups is 2. The second kappa shape index (κ2) is 7.95. The summed E-state index contributed by atoms with van der Waals surface area (Å²) in [7, 11) is 0. The van der Waals surface area contributed by atoms with Gasteiger partial charge < -0.3 is 10.2 Å². The van der Waals surface area contributed by atoms with Crippen LogP contribution in [0.15, 0.2) is 12.1 Å². The summed E-state index contributed by atoms with van der Waals surface area (Å²) in [6, 6.07) is 4.39. The molecule has 0 saturated carbocycles. The molecule has 0 aliphatic carbocycles. The molecule has 0 bridgehead atoms. The maximum Gasteiger partial charge on any atom is 0.122 e. The lowest BCUT2D eigenvalue weighted by Crippen LogP contribution is -2.03. The van der Waals surface area contributed by atoms with E-state index in [-0.39, 0.29) is 0 Å². The first-order chi connectivity index (χ1) is 11.8. The van der Waals surface area contributed by atoms with Crippen LogP contribution in [0.3, 0.4) is 0 Å². The highest BCUT2D eigenvalue weighted by Gasteiger charge is 2.18. The molecular formula is C23H32O2. The summed E-state index contributed by atoms with van der Waals surface area (Å²) in [6.45, 7) is 12.4. The average molecular weight is 341 g/mol. The third-order valence-corrected chi connectivity index (χ3v) is 5.37. The molecule has 2 rings (SSSR count). The van der Waals surface area contributed by atoms with Crippen molar-refractivity contribution in [3.8, 4) is 11.5 Å². The zero-order valence-electron chi connectivity index (χ0n) is 16.6. The van der Waals surface area contributed by atoms with Gasteiger partial charge in [0.15, 0.2) is 0 Å². The van der Waals surface area contributed by atoms with Crippen molar-refractivity contribution in [2.24, 2.45) is 0 Å². The molecule has 25 heavy (non-hydrogen) atoms. The number of hydrogen-bond donors (Lipinski definition) is 2. The van der Waals surface area contributed by atoms with Crippen LogP contribution in [0.4, 0.5) is 0 Å². The van der Waals surface area contributed by atoms with Crippen molar-refractivity contribution in [3.05, 3.63) is 56.6 Å². The summed E-state index contributed by atoms with van der Waals surface area (Å²) < 4.78 is 0. The summed E-state index contributed by atoms with van der Waals surface area (Å²) in [5.41, 5.74) is 8.43. The van der Waals surface area contributed by atoms with Gasteiger partial charge in [-0.1, -0.05) is 38.8 Å². The van der Waals surface area contributed by atoms with E-state index in [2.05, 4.69) is 39.8 Å². The molecule has 0 fully saturated rings. The Labute approximate surface area is 152 Å². The molecule has 0 radical (unpaired) electrons. The predicted molar refractivity (Wildman–Crippen MR) is 106 cm³/mol. The van der Waals surface area contributed by atoms with Crippen LogP contribution in [-0.2, 0) is 19.3 Å². The number of hydrogen-bond acceptors (Lipinski definition) is 2. The molecule has 2 aromatic rings. The fourth-order valence-electron chi connectivity index (χ4n) is 3.72. The molecule has 0 amide bonds. The lowest BCUT2D eigenvalue weighted by atomic mass is 9.88. The number of rotatable bonds is 6. The van der Waals surface area contributed by atoms with E-state index >= 15 is 0 Å². The fourth-order valence-corrected chi connectivity index (χ4v) is 3.72. The molecule has 0 aromatic heterocycles. The van der Waals surface area contributed by atoms with Crippen LogP contribution < -0.4 is 0 Å². The summed E-state index contributed by atoms with van der Waals surface area (Å²) in [5, 5.41) is 21.5. The van der Waals surface area contributed by atoms with Crippen LogP contribution in [0.2, 0.25) is 0 Å². The van der Waals surface area contributed by atoms with Crippen molar-refractivity contribution in [3.63, 3.8) is 0 Å². The quantitative estimate of drug-likeness (QED) is 0.695. The third-order valence-electron chi connectivity index (χ3n) is 5.37. The van der Waals surface area contributed by atoms with Crippen LogP contribution in [0.25, 0.3) is 0 Å². The van der Waals surface area contributed by atoms with Crippen molar-refractivity contribution in [1.29, 1.82) is 0 Å². The highest BCUT2D eigenvalue weighted by atomic mass is 16.3. The fraction of sp³-hybridized carbons (Fsp3) is 0.478. The monoisotopic (exact) mass is 340 g/mol. The molecule has 2 heteroatoms. The molecule has 0 heterocycles. The van der Waals surface area contributed by atoms with Gasteiger partial charge in [-0.15, -0.1) is 0 Å². The van der Waals surface area contributed by atoms with Crippen LogP contribution in [0.5, 0.6) is 11.5 Å². The minimum absolute atomic E-state index is 0.387. The molecule has 0 atom stereocenters. The Morgan fingerprint density at radius 3 is 1.36 bits per heavy atom. The van der Waals surface area contributed by atoms with E-state index in [1.54, 1.807) is 0 Å². The van der Waals surface area contributed by atoms with E-state index in [9.17, 15) is 10.2 Å². The minimum atomic E-state index is 0.387. The topological polar surface area (TPSA) is 40.5 Å². The lowest BCUT2D eigenvalue weighted by molar-refractivity contribution is 0.456. The van der Waals surface area contributed by atoms with Crippen LogP contribution >= 0.6 is 0 Å². The maximum atomic E-state index is 10.8. The Kier molecular flexibility index (Phi) is 6.16. The molecule has 0 unspecified atom stereocenters. The molecule has 0 spiro atoms. The third kappa shape index (κ3) is 3.84. The standard InChI is InChI=1S/C23H32O2/c1-7-9-18-11-14(3)20(22(24)16(18)5)13-21-15(4)12-19(10-8-2)17(6)23(21)25/h11-12,24-25H,7-10,13H2,1-6H3. The van der Waals surface area contributed by atoms with Gasteiger partial charge in [0.1, 0.15) is 11.5 Å². The Morgan fingerprint density at radius 2 is 1.04 bits per heavy atom. The van der Waals surface area contributed by atoms with Crippen LogP contribution in [-0.4, -0.2) is 10.2 Å². The van der Waals surface area contributed by atoms with E-state index < -0.39 is 0 Å². The van der Waals surface area contributed by atoms with Gasteiger partial charge in [0.2, 0.25) is 0 Å². The van der Waals surface area contributed by atoms with Gasteiger partial charge in [-0.3, -0.25) is 0 Å². The van der Waals surface area contributed by atoms with Gasteiger partial charge in [0.05, 0.1) is 0 Å². The zero-order chi connectivity index (χ0) is 18.7. The van der Waals surface area contributed by atoms with E-state index in [1.165, 1.54) is 11.1 Å². The van der Waals surface area contributed by atoms with Crippen molar-refractivity contribution in [2.75, 3.05) is 0 Å². The largest absolute Gasteiger partial charge is 0.507 e. The molecular weight excluding hydrogens is 308 g/mol. The maximum absolute atomic E-state index is 10.8. The predicted octanol–water partition coefficient (Wildman–Crippen LogP) is 5.83. The van der Waals surface area contributed by atoms with Crippen LogP contribution in [0.1, 0.15) is 71.2 Å². The van der Waals surface area contributed by atoms with Gasteiger partial charge >= 0.3 is 0 Å². The number of phenols is 2. The number of benzene rings is 2. The molecule has 2 nitrogen and oxygen atoms in total. The van der Waals surface area contributed by atoms with Gasteiger partial charge in [-0.25, -0.2) is 0 Å². The van der Waals surface area contributed by atoms with E-state index in [0.717, 1.165) is 59.1 Å². The number of phenolic OH excluding ortho intramolecular Hbond substituents is 2. The summed E-state index contributed by atoms with van der Waals surface area (Å²) in [4.78, 5) is 0. The molecule has 2 N–H and O–H groups in total. The van der Waals surface area contributed by atoms with Crippen molar-refractivity contribution in [1.82, 2.24) is 0 Å². The molecule has 0 aliphatic rings. The first-order valence-electron chi connectivity index (χ1n) is 9.43. The Balaban J connectivity index is 2.50. The van der Waals surface area contributed by atoms with Crippen molar-refractivity contribution >= 4 is 0 Å². The zero-order valence-corrected chi connectivity index (χ0v) is 16.6. The lowest BCUT2D eigenvalue weighted by Gasteiger charge is -2.19. The average Bonchev–Trinajstić information content (AvgIpc) is 2.57. The van der Waals surface area contributed by atoms with Crippen molar-refractivity contribution in [2.45, 2.75) is 73.6 Å². The minimum Gasteiger partial charge on any atom is -0.507 e. The first kappa shape index (κ1) is 19.4. The van der Waals surface area contributed by atoms with E-state index in [0.29, 0.717) is 17.9 Å². The van der Waals surface area contributed by atoms with Gasteiger partial charge in [0.25, 0.3) is 0 Å². The highest BCUT2D eigenvalue weighted by Crippen LogP contribution is 2.36. The van der Waals surface area contributed by atoms with E-state index in [4.69, 9.17) is 0 Å². The second-order valence-corrected chi connectivity index (χ2v) is 7.29. The van der Waals surface area contributed by atoms with Gasteiger partial charge in [-0.05, 0) is 73.9 Å². The Morgan fingerprint density at radius 1 is 0.680 bits per heavy atom. The summed E-state index contributed by atoms with van der Waals surface area (Å²) in [5.74, 6) is 0.773. The highest BCUT2D eigenvalue weighted by molar-refractivity contribution is 5.56. The van der Waals surface area contributed by atoms with Crippen molar-refractivity contribution < 1.29 is 10.2 Å². The number of aryl methyl sites for hydroxylation is 4. The van der Waals surface area contributed by atoms with E-state index in [1.807, 2.05) is 13.8 Å². The molecule has 0 aliphatic heterocycles. The van der Waals surface area contributed by atoms with Crippen LogP contribution in [0, 0.1) is 27.7 Å². The Bertz CT molecular complexity index is 707. The smallest absolute Gasteiger partial charge is 0.122 e. The van der Waals surface area contributed by atoms with Gasteiger partial charge in [-0.2, -0.15) is 0 Å². The summed E-state index contributed by atoms with van der Waals surface area (Å²) in [6.07, 6.45) is 4.66. The normalized spacial score (nSPS) is 11.1. The molecule has 0 saturated heterocycles. The SMILES string of the molecule is CCCc1cc(C)c(Cc2c(C)cc(CCC)c(C)c2O)c(O)c1C. The molecule has 2 aromatic carbocycles. The molecule has 136 valence electrons. The summed E-state index contributed by atoms with van der Waals surface area (Å²) >= 11 is 0. The Hall–Kier alpha value is -1.96. The first-order valence-corrected chi connectivity index (χ1v) is 9.43.